The Morgan fingerprint density at radius 1 is 1.32 bits per heavy atom. The van der Waals surface area contributed by atoms with E-state index in [-0.39, 0.29) is 22.9 Å². The molecule has 19 heavy (non-hydrogen) atoms. The molecule has 1 aromatic rings. The molecule has 1 rings (SSSR count). The first kappa shape index (κ1) is 16.5. The van der Waals surface area contributed by atoms with Gasteiger partial charge in [0.1, 0.15) is 0 Å². The predicted molar refractivity (Wildman–Crippen MR) is 80.9 cm³/mol. The molecule has 0 saturated carbocycles. The summed E-state index contributed by atoms with van der Waals surface area (Å²) < 4.78 is 30.3. The zero-order valence-corrected chi connectivity index (χ0v) is 13.6. The van der Waals surface area contributed by atoms with Crippen molar-refractivity contribution in [1.29, 1.82) is 0 Å². The van der Waals surface area contributed by atoms with Crippen LogP contribution >= 0.6 is 15.9 Å². The lowest BCUT2D eigenvalue weighted by molar-refractivity contribution is 0.137. The van der Waals surface area contributed by atoms with Crippen molar-refractivity contribution in [1.82, 2.24) is 0 Å². The third kappa shape index (κ3) is 5.50. The topological polar surface area (TPSA) is 69.4 Å². The molecule has 6 heteroatoms. The summed E-state index contributed by atoms with van der Waals surface area (Å²) in [5, 5.41) is 0. The molecule has 0 saturated heterocycles. The summed E-state index contributed by atoms with van der Waals surface area (Å²) in [6.07, 6.45) is 0.930. The molecular formula is C13H20BrNO3S. The van der Waals surface area contributed by atoms with Gasteiger partial charge in [-0.15, -0.1) is 0 Å². The third-order valence-corrected chi connectivity index (χ3v) is 4.87. The van der Waals surface area contributed by atoms with Crippen molar-refractivity contribution >= 4 is 31.5 Å². The van der Waals surface area contributed by atoms with Gasteiger partial charge in [-0.25, -0.2) is 8.42 Å². The minimum atomic E-state index is -3.39. The van der Waals surface area contributed by atoms with E-state index in [1.54, 1.807) is 12.1 Å². The van der Waals surface area contributed by atoms with Crippen molar-refractivity contribution in [2.24, 2.45) is 5.92 Å². The third-order valence-electron chi connectivity index (χ3n) is 2.65. The van der Waals surface area contributed by atoms with E-state index in [1.165, 1.54) is 6.07 Å². The molecule has 108 valence electrons. The van der Waals surface area contributed by atoms with Gasteiger partial charge in [-0.2, -0.15) is 0 Å². The molecule has 0 amide bonds. The second-order valence-corrected chi connectivity index (χ2v) is 7.79. The van der Waals surface area contributed by atoms with Crippen LogP contribution in [0, 0.1) is 5.92 Å². The van der Waals surface area contributed by atoms with Crippen LogP contribution in [0.2, 0.25) is 0 Å². The standard InChI is InChI=1S/C13H20BrNO3S/c1-10(2)5-6-18-7-8-19(16,17)13-9-11(14)3-4-12(13)15/h3-4,9-10H,5-8,15H2,1-2H3. The lowest BCUT2D eigenvalue weighted by Crippen LogP contribution is -2.15. The summed E-state index contributed by atoms with van der Waals surface area (Å²) in [7, 11) is -3.39. The molecule has 0 heterocycles. The highest BCUT2D eigenvalue weighted by atomic mass is 79.9. The van der Waals surface area contributed by atoms with Crippen LogP contribution < -0.4 is 5.73 Å². The fraction of sp³-hybridized carbons (Fsp3) is 0.538. The Morgan fingerprint density at radius 2 is 2.00 bits per heavy atom. The average molecular weight is 350 g/mol. The van der Waals surface area contributed by atoms with Gasteiger partial charge < -0.3 is 10.5 Å². The predicted octanol–water partition coefficient (Wildman–Crippen LogP) is 2.87. The molecule has 4 nitrogen and oxygen atoms in total. The number of anilines is 1. The van der Waals surface area contributed by atoms with Crippen LogP contribution in [0.3, 0.4) is 0 Å². The van der Waals surface area contributed by atoms with E-state index in [0.29, 0.717) is 17.0 Å². The van der Waals surface area contributed by atoms with Crippen molar-refractivity contribution in [3.8, 4) is 0 Å². The van der Waals surface area contributed by atoms with E-state index in [0.717, 1.165) is 6.42 Å². The molecule has 0 aliphatic carbocycles. The summed E-state index contributed by atoms with van der Waals surface area (Å²) >= 11 is 3.25. The molecule has 0 fully saturated rings. The van der Waals surface area contributed by atoms with Crippen LogP contribution in [-0.2, 0) is 14.6 Å². The van der Waals surface area contributed by atoms with Crippen LogP contribution in [0.25, 0.3) is 0 Å². The van der Waals surface area contributed by atoms with Crippen molar-refractivity contribution in [3.63, 3.8) is 0 Å². The highest BCUT2D eigenvalue weighted by Gasteiger charge is 2.17. The fourth-order valence-electron chi connectivity index (χ4n) is 1.48. The van der Waals surface area contributed by atoms with Gasteiger partial charge in [0.2, 0.25) is 0 Å². The molecule has 1 aromatic carbocycles. The summed E-state index contributed by atoms with van der Waals surface area (Å²) in [5.41, 5.74) is 5.97. The normalized spacial score (nSPS) is 12.0. The number of sulfone groups is 1. The molecule has 0 aliphatic rings. The van der Waals surface area contributed by atoms with Crippen molar-refractivity contribution < 1.29 is 13.2 Å². The average Bonchev–Trinajstić information content (AvgIpc) is 2.31. The minimum Gasteiger partial charge on any atom is -0.398 e. The van der Waals surface area contributed by atoms with Crippen LogP contribution in [-0.4, -0.2) is 27.4 Å². The molecule has 0 unspecified atom stereocenters. The first-order valence-corrected chi connectivity index (χ1v) is 8.63. The molecule has 0 aliphatic heterocycles. The van der Waals surface area contributed by atoms with Gasteiger partial charge in [0.25, 0.3) is 0 Å². The Balaban J connectivity index is 2.59. The number of nitrogen functional groups attached to an aromatic ring is 1. The van der Waals surface area contributed by atoms with Gasteiger partial charge >= 0.3 is 0 Å². The smallest absolute Gasteiger partial charge is 0.182 e. The van der Waals surface area contributed by atoms with Crippen molar-refractivity contribution in [3.05, 3.63) is 22.7 Å². The fourth-order valence-corrected chi connectivity index (χ4v) is 3.28. The first-order valence-electron chi connectivity index (χ1n) is 6.18. The maximum atomic E-state index is 12.1. The Hall–Kier alpha value is -0.590. The molecule has 0 aromatic heterocycles. The SMILES string of the molecule is CC(C)CCOCCS(=O)(=O)c1cc(Br)ccc1N. The number of benzene rings is 1. The Labute approximate surface area is 123 Å². The first-order chi connectivity index (χ1) is 8.83. The summed E-state index contributed by atoms with van der Waals surface area (Å²) in [6.45, 7) is 4.98. The van der Waals surface area contributed by atoms with Gasteiger partial charge in [-0.3, -0.25) is 0 Å². The number of ether oxygens (including phenoxy) is 1. The van der Waals surface area contributed by atoms with E-state index in [9.17, 15) is 8.42 Å². The maximum Gasteiger partial charge on any atom is 0.182 e. The molecule has 0 atom stereocenters. The van der Waals surface area contributed by atoms with Gasteiger partial charge in [0.05, 0.1) is 22.9 Å². The Kier molecular flexibility index (Phi) is 6.29. The lowest BCUT2D eigenvalue weighted by Gasteiger charge is -2.09. The van der Waals surface area contributed by atoms with E-state index < -0.39 is 9.84 Å². The summed E-state index contributed by atoms with van der Waals surface area (Å²) in [5.74, 6) is 0.503. The molecule has 0 bridgehead atoms. The molecular weight excluding hydrogens is 330 g/mol. The molecule has 0 spiro atoms. The Bertz CT molecular complexity index is 515. The second-order valence-electron chi connectivity index (χ2n) is 4.80. The van der Waals surface area contributed by atoms with Gasteiger partial charge in [0, 0.05) is 11.1 Å². The number of nitrogens with two attached hydrogens (primary N) is 1. The van der Waals surface area contributed by atoms with E-state index in [1.807, 2.05) is 0 Å². The molecule has 2 N–H and O–H groups in total. The molecule has 0 radical (unpaired) electrons. The highest BCUT2D eigenvalue weighted by molar-refractivity contribution is 9.10. The Morgan fingerprint density at radius 3 is 2.63 bits per heavy atom. The number of hydrogen-bond acceptors (Lipinski definition) is 4. The number of halogens is 1. The van der Waals surface area contributed by atoms with Gasteiger partial charge in [0.15, 0.2) is 9.84 Å². The zero-order valence-electron chi connectivity index (χ0n) is 11.2. The van der Waals surface area contributed by atoms with E-state index in [4.69, 9.17) is 10.5 Å². The van der Waals surface area contributed by atoms with Gasteiger partial charge in [-0.05, 0) is 30.5 Å². The summed E-state index contributed by atoms with van der Waals surface area (Å²) in [6, 6.07) is 4.82. The van der Waals surface area contributed by atoms with E-state index >= 15 is 0 Å². The second kappa shape index (κ2) is 7.26. The monoisotopic (exact) mass is 349 g/mol. The maximum absolute atomic E-state index is 12.1. The minimum absolute atomic E-state index is 0.0499. The van der Waals surface area contributed by atoms with E-state index in [2.05, 4.69) is 29.8 Å². The highest BCUT2D eigenvalue weighted by Crippen LogP contribution is 2.23. The lowest BCUT2D eigenvalue weighted by atomic mass is 10.1. The van der Waals surface area contributed by atoms with Crippen LogP contribution in [0.5, 0.6) is 0 Å². The zero-order chi connectivity index (χ0) is 14.5. The number of hydrogen-bond donors (Lipinski definition) is 1. The summed E-state index contributed by atoms with van der Waals surface area (Å²) in [4.78, 5) is 0.161. The largest absolute Gasteiger partial charge is 0.398 e. The van der Waals surface area contributed by atoms with Crippen LogP contribution in [0.1, 0.15) is 20.3 Å². The van der Waals surface area contributed by atoms with Crippen molar-refractivity contribution in [2.75, 3.05) is 24.7 Å². The van der Waals surface area contributed by atoms with Crippen LogP contribution in [0.4, 0.5) is 5.69 Å². The van der Waals surface area contributed by atoms with Gasteiger partial charge in [-0.1, -0.05) is 29.8 Å². The van der Waals surface area contributed by atoms with Crippen molar-refractivity contribution in [2.45, 2.75) is 25.2 Å². The quantitative estimate of drug-likeness (QED) is 0.606. The van der Waals surface area contributed by atoms with Crippen LogP contribution in [0.15, 0.2) is 27.6 Å². The number of rotatable bonds is 7.